The molecule has 1 amide bonds. The summed E-state index contributed by atoms with van der Waals surface area (Å²) in [7, 11) is 0. The number of rotatable bonds is 7. The van der Waals surface area contributed by atoms with Crippen molar-refractivity contribution >= 4 is 11.9 Å². The van der Waals surface area contributed by atoms with Gasteiger partial charge in [0.25, 0.3) is 0 Å². The molecule has 1 aliphatic carbocycles. The number of halogens is 1. The van der Waals surface area contributed by atoms with Gasteiger partial charge in [0.15, 0.2) is 0 Å². The zero-order valence-electron chi connectivity index (χ0n) is 14.5. The normalized spacial score (nSPS) is 15.1. The van der Waals surface area contributed by atoms with Gasteiger partial charge >= 0.3 is 5.97 Å². The summed E-state index contributed by atoms with van der Waals surface area (Å²) in [5.74, 6) is -1.24. The lowest BCUT2D eigenvalue weighted by atomic mass is 9.72. The van der Waals surface area contributed by atoms with Crippen LogP contribution in [0.25, 0.3) is 0 Å². The van der Waals surface area contributed by atoms with Crippen molar-refractivity contribution in [1.29, 1.82) is 0 Å². The summed E-state index contributed by atoms with van der Waals surface area (Å²) < 4.78 is 13.4. The summed E-state index contributed by atoms with van der Waals surface area (Å²) in [6, 6.07) is 13.1. The molecule has 1 saturated carbocycles. The molecule has 1 fully saturated rings. The second-order valence-corrected chi connectivity index (χ2v) is 6.99. The third-order valence-corrected chi connectivity index (χ3v) is 4.99. The maximum absolute atomic E-state index is 13.4. The minimum atomic E-state index is -0.960. The number of aryl methyl sites for hydroxylation is 1. The first-order chi connectivity index (χ1) is 12.5. The third-order valence-electron chi connectivity index (χ3n) is 4.99. The molecule has 136 valence electrons. The summed E-state index contributed by atoms with van der Waals surface area (Å²) in [5.41, 5.74) is 1.80. The fourth-order valence-electron chi connectivity index (χ4n) is 3.42. The van der Waals surface area contributed by atoms with Crippen LogP contribution in [-0.2, 0) is 17.6 Å². The van der Waals surface area contributed by atoms with Crippen molar-refractivity contribution in [1.82, 2.24) is 5.32 Å². The van der Waals surface area contributed by atoms with Crippen LogP contribution < -0.4 is 5.32 Å². The number of amides is 1. The molecule has 0 bridgehead atoms. The van der Waals surface area contributed by atoms with E-state index < -0.39 is 5.97 Å². The molecule has 0 unspecified atom stereocenters. The first-order valence-corrected chi connectivity index (χ1v) is 8.83. The van der Waals surface area contributed by atoms with Gasteiger partial charge < -0.3 is 10.4 Å². The zero-order valence-corrected chi connectivity index (χ0v) is 14.5. The number of nitrogens with one attached hydrogen (secondary N) is 1. The predicted molar refractivity (Wildman–Crippen MR) is 96.6 cm³/mol. The SMILES string of the molecule is O=C(CCc1ccc(C(=O)O)cc1)NC1(Cc2cccc(F)c2)CCC1. The maximum atomic E-state index is 13.4. The van der Waals surface area contributed by atoms with Gasteiger partial charge in [-0.25, -0.2) is 9.18 Å². The highest BCUT2D eigenvalue weighted by Gasteiger charge is 2.38. The number of carbonyl (C=O) groups is 2. The van der Waals surface area contributed by atoms with Crippen LogP contribution in [0.4, 0.5) is 4.39 Å². The van der Waals surface area contributed by atoms with Gasteiger partial charge in [-0.05, 0) is 67.5 Å². The molecular weight excluding hydrogens is 333 g/mol. The van der Waals surface area contributed by atoms with Crippen molar-refractivity contribution in [3.63, 3.8) is 0 Å². The second-order valence-electron chi connectivity index (χ2n) is 6.99. The van der Waals surface area contributed by atoms with Gasteiger partial charge in [-0.1, -0.05) is 24.3 Å². The number of carboxylic acids is 1. The minimum absolute atomic E-state index is 0.0246. The van der Waals surface area contributed by atoms with Crippen LogP contribution >= 0.6 is 0 Å². The van der Waals surface area contributed by atoms with E-state index in [1.165, 1.54) is 12.1 Å². The van der Waals surface area contributed by atoms with Gasteiger partial charge in [-0.2, -0.15) is 0 Å². The first kappa shape index (κ1) is 18.1. The number of carboxylic acid groups (broad SMARTS) is 1. The molecule has 2 N–H and O–H groups in total. The molecule has 0 atom stereocenters. The molecule has 2 aromatic rings. The first-order valence-electron chi connectivity index (χ1n) is 8.83. The molecule has 4 nitrogen and oxygen atoms in total. The van der Waals surface area contributed by atoms with Gasteiger partial charge in [0.05, 0.1) is 5.56 Å². The van der Waals surface area contributed by atoms with E-state index in [0.29, 0.717) is 19.3 Å². The summed E-state index contributed by atoms with van der Waals surface area (Å²) in [4.78, 5) is 23.2. The Bertz CT molecular complexity index is 797. The number of hydrogen-bond acceptors (Lipinski definition) is 2. The van der Waals surface area contributed by atoms with E-state index in [4.69, 9.17) is 5.11 Å². The number of hydrogen-bond donors (Lipinski definition) is 2. The molecule has 0 aliphatic heterocycles. The number of benzene rings is 2. The highest BCUT2D eigenvalue weighted by molar-refractivity contribution is 5.87. The Kier molecular flexibility index (Phi) is 5.35. The Morgan fingerprint density at radius 3 is 2.38 bits per heavy atom. The van der Waals surface area contributed by atoms with Crippen LogP contribution in [0.5, 0.6) is 0 Å². The molecular formula is C21H22FNO3. The molecule has 2 aromatic carbocycles. The molecule has 0 saturated heterocycles. The van der Waals surface area contributed by atoms with Crippen molar-refractivity contribution in [3.8, 4) is 0 Å². The Labute approximate surface area is 152 Å². The molecule has 5 heteroatoms. The smallest absolute Gasteiger partial charge is 0.335 e. The van der Waals surface area contributed by atoms with E-state index in [9.17, 15) is 14.0 Å². The van der Waals surface area contributed by atoms with E-state index in [-0.39, 0.29) is 22.8 Å². The van der Waals surface area contributed by atoms with Crippen molar-refractivity contribution in [2.75, 3.05) is 0 Å². The molecule has 0 radical (unpaired) electrons. The summed E-state index contributed by atoms with van der Waals surface area (Å²) in [6.07, 6.45) is 4.42. The van der Waals surface area contributed by atoms with E-state index in [2.05, 4.69) is 5.32 Å². The van der Waals surface area contributed by atoms with Gasteiger partial charge in [0, 0.05) is 12.0 Å². The van der Waals surface area contributed by atoms with Crippen molar-refractivity contribution in [2.45, 2.75) is 44.1 Å². The van der Waals surface area contributed by atoms with Crippen LogP contribution in [0, 0.1) is 5.82 Å². The Hall–Kier alpha value is -2.69. The Morgan fingerprint density at radius 2 is 1.81 bits per heavy atom. The minimum Gasteiger partial charge on any atom is -0.478 e. The number of carbonyl (C=O) groups excluding carboxylic acids is 1. The van der Waals surface area contributed by atoms with Crippen LogP contribution in [0.2, 0.25) is 0 Å². The van der Waals surface area contributed by atoms with Crippen LogP contribution in [0.3, 0.4) is 0 Å². The zero-order chi connectivity index (χ0) is 18.6. The van der Waals surface area contributed by atoms with Gasteiger partial charge in [-0.15, -0.1) is 0 Å². The van der Waals surface area contributed by atoms with Gasteiger partial charge in [-0.3, -0.25) is 4.79 Å². The van der Waals surface area contributed by atoms with E-state index in [1.54, 1.807) is 30.3 Å². The average Bonchev–Trinajstić information content (AvgIpc) is 2.58. The largest absolute Gasteiger partial charge is 0.478 e. The summed E-state index contributed by atoms with van der Waals surface area (Å²) >= 11 is 0. The Balaban J connectivity index is 1.55. The fourth-order valence-corrected chi connectivity index (χ4v) is 3.42. The monoisotopic (exact) mass is 355 g/mol. The second kappa shape index (κ2) is 7.68. The topological polar surface area (TPSA) is 66.4 Å². The quantitative estimate of drug-likeness (QED) is 0.795. The standard InChI is InChI=1S/C21H22FNO3/c22-18-4-1-3-16(13-18)14-21(11-2-12-21)23-19(24)10-7-15-5-8-17(9-6-15)20(25)26/h1,3-6,8-9,13H,2,7,10-12,14H2,(H,23,24)(H,25,26). The van der Waals surface area contributed by atoms with Crippen molar-refractivity contribution in [2.24, 2.45) is 0 Å². The third kappa shape index (κ3) is 4.48. The molecule has 1 aliphatic rings. The predicted octanol–water partition coefficient (Wildman–Crippen LogP) is 3.74. The van der Waals surface area contributed by atoms with Gasteiger partial charge in [0.1, 0.15) is 5.82 Å². The van der Waals surface area contributed by atoms with Crippen molar-refractivity contribution < 1.29 is 19.1 Å². The molecule has 0 aromatic heterocycles. The van der Waals surface area contributed by atoms with E-state index in [0.717, 1.165) is 30.4 Å². The fraction of sp³-hybridized carbons (Fsp3) is 0.333. The molecule has 26 heavy (non-hydrogen) atoms. The Morgan fingerprint density at radius 1 is 1.08 bits per heavy atom. The lowest BCUT2D eigenvalue weighted by Crippen LogP contribution is -2.55. The molecule has 0 heterocycles. The van der Waals surface area contributed by atoms with Crippen LogP contribution in [0.1, 0.15) is 47.2 Å². The highest BCUT2D eigenvalue weighted by Crippen LogP contribution is 2.35. The molecule has 3 rings (SSSR count). The van der Waals surface area contributed by atoms with Crippen molar-refractivity contribution in [3.05, 3.63) is 71.0 Å². The summed E-state index contributed by atoms with van der Waals surface area (Å²) in [5, 5.41) is 12.0. The van der Waals surface area contributed by atoms with Crippen LogP contribution in [0.15, 0.2) is 48.5 Å². The highest BCUT2D eigenvalue weighted by atomic mass is 19.1. The maximum Gasteiger partial charge on any atom is 0.335 e. The lowest BCUT2D eigenvalue weighted by Gasteiger charge is -2.43. The van der Waals surface area contributed by atoms with E-state index in [1.807, 2.05) is 6.07 Å². The van der Waals surface area contributed by atoms with E-state index >= 15 is 0 Å². The lowest BCUT2D eigenvalue weighted by molar-refractivity contribution is -0.124. The van der Waals surface area contributed by atoms with Crippen LogP contribution in [-0.4, -0.2) is 22.5 Å². The number of aromatic carboxylic acids is 1. The van der Waals surface area contributed by atoms with Gasteiger partial charge in [0.2, 0.25) is 5.91 Å². The molecule has 0 spiro atoms. The summed E-state index contributed by atoms with van der Waals surface area (Å²) in [6.45, 7) is 0. The average molecular weight is 355 g/mol.